The first-order chi connectivity index (χ1) is 9.76. The van der Waals surface area contributed by atoms with Crippen LogP contribution >= 0.6 is 0 Å². The third kappa shape index (κ3) is 3.44. The molecule has 0 radical (unpaired) electrons. The molecule has 0 amide bonds. The normalized spacial score (nSPS) is 24.1. The summed E-state index contributed by atoms with van der Waals surface area (Å²) in [4.78, 5) is 0. The van der Waals surface area contributed by atoms with Gasteiger partial charge in [-0.2, -0.15) is 0 Å². The summed E-state index contributed by atoms with van der Waals surface area (Å²) in [5.74, 6) is 0. The Hall–Kier alpha value is -0.820. The van der Waals surface area contributed by atoms with E-state index in [1.807, 2.05) is 0 Å². The van der Waals surface area contributed by atoms with Crippen molar-refractivity contribution in [3.63, 3.8) is 0 Å². The van der Waals surface area contributed by atoms with Crippen molar-refractivity contribution < 1.29 is 0 Å². The fourth-order valence-corrected chi connectivity index (χ4v) is 4.45. The first-order valence-electron chi connectivity index (χ1n) is 8.56. The van der Waals surface area contributed by atoms with Crippen molar-refractivity contribution in [2.24, 2.45) is 5.41 Å². The molecular formula is C19H29N. The Morgan fingerprint density at radius 3 is 2.35 bits per heavy atom. The topological polar surface area (TPSA) is 12.0 Å². The molecule has 1 aromatic carbocycles. The molecule has 0 heterocycles. The largest absolute Gasteiger partial charge is 0.311 e. The molecular weight excluding hydrogens is 242 g/mol. The van der Waals surface area contributed by atoms with E-state index in [1.54, 1.807) is 0 Å². The third-order valence-electron chi connectivity index (χ3n) is 5.62. The van der Waals surface area contributed by atoms with Crippen molar-refractivity contribution in [1.82, 2.24) is 5.32 Å². The van der Waals surface area contributed by atoms with Gasteiger partial charge in [0.1, 0.15) is 0 Å². The number of rotatable bonds is 4. The zero-order valence-corrected chi connectivity index (χ0v) is 12.9. The van der Waals surface area contributed by atoms with E-state index >= 15 is 0 Å². The summed E-state index contributed by atoms with van der Waals surface area (Å²) < 4.78 is 0. The molecule has 0 saturated heterocycles. The average Bonchev–Trinajstić information content (AvgIpc) is 2.91. The maximum atomic E-state index is 3.87. The van der Waals surface area contributed by atoms with Gasteiger partial charge in [0.2, 0.25) is 0 Å². The van der Waals surface area contributed by atoms with Crippen LogP contribution in [0.15, 0.2) is 30.3 Å². The van der Waals surface area contributed by atoms with Crippen LogP contribution in [-0.4, -0.2) is 12.1 Å². The molecule has 1 unspecified atom stereocenters. The van der Waals surface area contributed by atoms with E-state index in [-0.39, 0.29) is 0 Å². The fraction of sp³-hybridized carbons (Fsp3) is 0.684. The van der Waals surface area contributed by atoms with Crippen LogP contribution in [0.25, 0.3) is 0 Å². The summed E-state index contributed by atoms with van der Waals surface area (Å²) in [6.45, 7) is 2.34. The summed E-state index contributed by atoms with van der Waals surface area (Å²) in [5, 5.41) is 3.87. The first kappa shape index (κ1) is 14.1. The van der Waals surface area contributed by atoms with Gasteiger partial charge in [-0.3, -0.25) is 0 Å². The van der Waals surface area contributed by atoms with Crippen molar-refractivity contribution in [3.05, 3.63) is 35.9 Å². The summed E-state index contributed by atoms with van der Waals surface area (Å²) >= 11 is 0. The molecule has 1 N–H and O–H groups in total. The van der Waals surface area contributed by atoms with Crippen LogP contribution in [0.1, 0.15) is 63.9 Å². The highest BCUT2D eigenvalue weighted by Crippen LogP contribution is 2.48. The summed E-state index contributed by atoms with van der Waals surface area (Å²) in [5.41, 5.74) is 2.22. The van der Waals surface area contributed by atoms with Gasteiger partial charge < -0.3 is 5.32 Å². The van der Waals surface area contributed by atoms with Gasteiger partial charge in [0.05, 0.1) is 0 Å². The minimum atomic E-state index is 0.597. The molecule has 2 saturated carbocycles. The Kier molecular flexibility index (Phi) is 4.45. The summed E-state index contributed by atoms with van der Waals surface area (Å²) in [6.07, 6.45) is 12.9. The molecule has 2 aliphatic rings. The quantitative estimate of drug-likeness (QED) is 0.836. The van der Waals surface area contributed by atoms with Gasteiger partial charge >= 0.3 is 0 Å². The highest BCUT2D eigenvalue weighted by atomic mass is 14.9. The molecule has 1 aromatic rings. The smallest absolute Gasteiger partial charge is 0.00817 e. The SMILES string of the molecule is CC(Cc1ccccc1)NC1CCC2(CCCC2)CC1. The van der Waals surface area contributed by atoms with Gasteiger partial charge in [-0.25, -0.2) is 0 Å². The summed E-state index contributed by atoms with van der Waals surface area (Å²) in [7, 11) is 0. The highest BCUT2D eigenvalue weighted by molar-refractivity contribution is 5.15. The first-order valence-corrected chi connectivity index (χ1v) is 8.56. The van der Waals surface area contributed by atoms with Crippen LogP contribution in [0.3, 0.4) is 0 Å². The van der Waals surface area contributed by atoms with E-state index in [9.17, 15) is 0 Å². The molecule has 3 rings (SSSR count). The third-order valence-corrected chi connectivity index (χ3v) is 5.62. The molecule has 1 spiro atoms. The van der Waals surface area contributed by atoms with Crippen LogP contribution in [0.5, 0.6) is 0 Å². The van der Waals surface area contributed by atoms with E-state index in [2.05, 4.69) is 42.6 Å². The molecule has 0 aliphatic heterocycles. The lowest BCUT2D eigenvalue weighted by atomic mass is 9.71. The fourth-order valence-electron chi connectivity index (χ4n) is 4.45. The average molecular weight is 271 g/mol. The van der Waals surface area contributed by atoms with Crippen molar-refractivity contribution in [2.45, 2.75) is 76.8 Å². The van der Waals surface area contributed by atoms with E-state index in [4.69, 9.17) is 0 Å². The minimum absolute atomic E-state index is 0.597. The van der Waals surface area contributed by atoms with Gasteiger partial charge in [0, 0.05) is 12.1 Å². The molecule has 110 valence electrons. The zero-order valence-electron chi connectivity index (χ0n) is 12.9. The lowest BCUT2D eigenvalue weighted by Gasteiger charge is -2.38. The number of benzene rings is 1. The maximum Gasteiger partial charge on any atom is 0.00817 e. The second-order valence-corrected chi connectivity index (χ2v) is 7.24. The van der Waals surface area contributed by atoms with E-state index in [1.165, 1.54) is 56.9 Å². The molecule has 1 nitrogen and oxygen atoms in total. The lowest BCUT2D eigenvalue weighted by Crippen LogP contribution is -2.42. The Balaban J connectivity index is 1.45. The zero-order chi connectivity index (χ0) is 13.8. The number of hydrogen-bond donors (Lipinski definition) is 1. The minimum Gasteiger partial charge on any atom is -0.311 e. The number of nitrogens with one attached hydrogen (secondary N) is 1. The van der Waals surface area contributed by atoms with E-state index < -0.39 is 0 Å². The van der Waals surface area contributed by atoms with Crippen LogP contribution in [0.4, 0.5) is 0 Å². The molecule has 2 fully saturated rings. The molecule has 1 atom stereocenters. The standard InChI is InChI=1S/C19H29N/c1-16(15-17-7-3-2-4-8-17)20-18-9-13-19(14-10-18)11-5-6-12-19/h2-4,7-8,16,18,20H,5-6,9-15H2,1H3. The maximum absolute atomic E-state index is 3.87. The number of hydrogen-bond acceptors (Lipinski definition) is 1. The molecule has 2 aliphatic carbocycles. The van der Waals surface area contributed by atoms with Crippen molar-refractivity contribution in [2.75, 3.05) is 0 Å². The van der Waals surface area contributed by atoms with Gasteiger partial charge in [0.25, 0.3) is 0 Å². The second kappa shape index (κ2) is 6.30. The van der Waals surface area contributed by atoms with Gasteiger partial charge in [-0.15, -0.1) is 0 Å². The predicted octanol–water partition coefficient (Wildman–Crippen LogP) is 4.71. The molecule has 0 aromatic heterocycles. The molecule has 0 bridgehead atoms. The van der Waals surface area contributed by atoms with E-state index in [0.717, 1.165) is 17.9 Å². The molecule has 1 heteroatoms. The highest BCUT2D eigenvalue weighted by Gasteiger charge is 2.37. The van der Waals surface area contributed by atoms with Crippen LogP contribution < -0.4 is 5.32 Å². The van der Waals surface area contributed by atoms with Crippen LogP contribution in [0, 0.1) is 5.41 Å². The van der Waals surface area contributed by atoms with Gasteiger partial charge in [-0.1, -0.05) is 43.2 Å². The van der Waals surface area contributed by atoms with Crippen molar-refractivity contribution in [3.8, 4) is 0 Å². The lowest BCUT2D eigenvalue weighted by molar-refractivity contribution is 0.163. The van der Waals surface area contributed by atoms with Crippen molar-refractivity contribution >= 4 is 0 Å². The Morgan fingerprint density at radius 2 is 1.70 bits per heavy atom. The Labute approximate surface area is 124 Å². The Morgan fingerprint density at radius 1 is 1.05 bits per heavy atom. The van der Waals surface area contributed by atoms with Crippen LogP contribution in [0.2, 0.25) is 0 Å². The molecule has 20 heavy (non-hydrogen) atoms. The van der Waals surface area contributed by atoms with Crippen molar-refractivity contribution in [1.29, 1.82) is 0 Å². The Bertz CT molecular complexity index is 395. The predicted molar refractivity (Wildman–Crippen MR) is 85.9 cm³/mol. The second-order valence-electron chi connectivity index (χ2n) is 7.24. The van der Waals surface area contributed by atoms with Gasteiger partial charge in [0.15, 0.2) is 0 Å². The monoisotopic (exact) mass is 271 g/mol. The van der Waals surface area contributed by atoms with Gasteiger partial charge in [-0.05, 0) is 62.8 Å². The van der Waals surface area contributed by atoms with E-state index in [0.29, 0.717) is 6.04 Å². The summed E-state index contributed by atoms with van der Waals surface area (Å²) in [6, 6.07) is 12.2. The van der Waals surface area contributed by atoms with Crippen LogP contribution in [-0.2, 0) is 6.42 Å².